The van der Waals surface area contributed by atoms with Crippen LogP contribution < -0.4 is 5.32 Å². The lowest BCUT2D eigenvalue weighted by Crippen LogP contribution is -2.48. The summed E-state index contributed by atoms with van der Waals surface area (Å²) in [5.74, 6) is -0.0895. The topological polar surface area (TPSA) is 58.6 Å². The van der Waals surface area contributed by atoms with Crippen molar-refractivity contribution in [2.75, 3.05) is 20.2 Å². The Bertz CT molecular complexity index is 634. The smallest absolute Gasteiger partial charge is 0.323 e. The van der Waals surface area contributed by atoms with Gasteiger partial charge in [0.2, 0.25) is 5.91 Å². The SMILES string of the molecule is COC(=O)[C@@H]1C[C@H]2CCCC[C@H]2N1CC(=O)NCCc1ccc(F)cc1. The van der Waals surface area contributed by atoms with Gasteiger partial charge in [-0.1, -0.05) is 25.0 Å². The predicted octanol–water partition coefficient (Wildman–Crippen LogP) is 2.29. The molecule has 1 saturated heterocycles. The molecule has 1 aromatic rings. The third kappa shape index (κ3) is 4.41. The summed E-state index contributed by atoms with van der Waals surface area (Å²) in [6.07, 6.45) is 5.96. The molecule has 0 radical (unpaired) electrons. The van der Waals surface area contributed by atoms with Gasteiger partial charge < -0.3 is 10.1 Å². The van der Waals surface area contributed by atoms with Gasteiger partial charge >= 0.3 is 5.97 Å². The van der Waals surface area contributed by atoms with Crippen molar-refractivity contribution in [3.63, 3.8) is 0 Å². The van der Waals surface area contributed by atoms with Crippen molar-refractivity contribution in [3.8, 4) is 0 Å². The van der Waals surface area contributed by atoms with Crippen molar-refractivity contribution < 1.29 is 18.7 Å². The molecule has 0 unspecified atom stereocenters. The number of esters is 1. The lowest BCUT2D eigenvalue weighted by molar-refractivity contribution is -0.146. The van der Waals surface area contributed by atoms with Crippen LogP contribution in [0.4, 0.5) is 4.39 Å². The van der Waals surface area contributed by atoms with Gasteiger partial charge in [0.25, 0.3) is 0 Å². The molecule has 1 N–H and O–H groups in total. The highest BCUT2D eigenvalue weighted by Crippen LogP contribution is 2.39. The van der Waals surface area contributed by atoms with Gasteiger partial charge in [-0.25, -0.2) is 4.39 Å². The van der Waals surface area contributed by atoms with Crippen molar-refractivity contribution in [1.82, 2.24) is 10.2 Å². The molecular weight excluding hydrogens is 335 g/mol. The Balaban J connectivity index is 1.53. The van der Waals surface area contributed by atoms with E-state index in [2.05, 4.69) is 5.32 Å². The predicted molar refractivity (Wildman–Crippen MR) is 96.0 cm³/mol. The molecule has 3 rings (SSSR count). The van der Waals surface area contributed by atoms with Gasteiger partial charge in [0.15, 0.2) is 0 Å². The van der Waals surface area contributed by atoms with Gasteiger partial charge in [0.05, 0.1) is 13.7 Å². The van der Waals surface area contributed by atoms with Crippen LogP contribution in [0.3, 0.4) is 0 Å². The molecule has 0 spiro atoms. The zero-order chi connectivity index (χ0) is 18.5. The number of hydrogen-bond acceptors (Lipinski definition) is 4. The summed E-state index contributed by atoms with van der Waals surface area (Å²) in [6.45, 7) is 0.722. The molecule has 3 atom stereocenters. The number of carbonyl (C=O) groups excluding carboxylic acids is 2. The maximum Gasteiger partial charge on any atom is 0.323 e. The maximum atomic E-state index is 12.9. The van der Waals surface area contributed by atoms with Gasteiger partial charge in [-0.05, 0) is 49.3 Å². The normalized spacial score (nSPS) is 25.5. The molecule has 1 saturated carbocycles. The third-order valence-electron chi connectivity index (χ3n) is 5.67. The first kappa shape index (κ1) is 18.8. The van der Waals surface area contributed by atoms with Crippen LogP contribution in [0.25, 0.3) is 0 Å². The first-order chi connectivity index (χ1) is 12.6. The number of methoxy groups -OCH3 is 1. The summed E-state index contributed by atoms with van der Waals surface area (Å²) >= 11 is 0. The second kappa shape index (κ2) is 8.62. The molecule has 142 valence electrons. The van der Waals surface area contributed by atoms with Crippen LogP contribution in [0.1, 0.15) is 37.7 Å². The second-order valence-corrected chi connectivity index (χ2v) is 7.29. The van der Waals surface area contributed by atoms with E-state index in [-0.39, 0.29) is 30.3 Å². The Morgan fingerprint density at radius 1 is 1.23 bits per heavy atom. The molecule has 1 amide bonds. The summed E-state index contributed by atoms with van der Waals surface area (Å²) in [7, 11) is 1.41. The number of amides is 1. The molecule has 0 aromatic heterocycles. The van der Waals surface area contributed by atoms with Crippen LogP contribution in [0.5, 0.6) is 0 Å². The first-order valence-electron chi connectivity index (χ1n) is 9.43. The minimum absolute atomic E-state index is 0.0766. The average Bonchev–Trinajstić information content (AvgIpc) is 3.01. The Kier molecular flexibility index (Phi) is 6.25. The maximum absolute atomic E-state index is 12.9. The Morgan fingerprint density at radius 2 is 1.96 bits per heavy atom. The number of rotatable bonds is 6. The number of benzene rings is 1. The van der Waals surface area contributed by atoms with Gasteiger partial charge in [-0.2, -0.15) is 0 Å². The monoisotopic (exact) mass is 362 g/mol. The number of halogens is 1. The molecule has 2 aliphatic rings. The summed E-state index contributed by atoms with van der Waals surface area (Å²) < 4.78 is 17.9. The van der Waals surface area contributed by atoms with Crippen molar-refractivity contribution >= 4 is 11.9 Å². The van der Waals surface area contributed by atoms with Crippen molar-refractivity contribution in [1.29, 1.82) is 0 Å². The van der Waals surface area contributed by atoms with Gasteiger partial charge in [-0.15, -0.1) is 0 Å². The number of ether oxygens (including phenoxy) is 1. The molecule has 26 heavy (non-hydrogen) atoms. The molecule has 0 bridgehead atoms. The molecule has 1 aliphatic carbocycles. The fourth-order valence-corrected chi connectivity index (χ4v) is 4.37. The summed E-state index contributed by atoms with van der Waals surface area (Å²) in [6, 6.07) is 6.28. The molecule has 6 heteroatoms. The number of carbonyl (C=O) groups is 2. The molecule has 1 aliphatic heterocycles. The van der Waals surface area contributed by atoms with Crippen molar-refractivity contribution in [3.05, 3.63) is 35.6 Å². The number of likely N-dealkylation sites (tertiary alicyclic amines) is 1. The largest absolute Gasteiger partial charge is 0.468 e. The third-order valence-corrected chi connectivity index (χ3v) is 5.67. The van der Waals surface area contributed by atoms with Crippen LogP contribution in [0, 0.1) is 11.7 Å². The van der Waals surface area contributed by atoms with E-state index < -0.39 is 0 Å². The number of hydrogen-bond donors (Lipinski definition) is 1. The minimum atomic E-state index is -0.309. The fraction of sp³-hybridized carbons (Fsp3) is 0.600. The van der Waals surface area contributed by atoms with E-state index >= 15 is 0 Å². The highest BCUT2D eigenvalue weighted by molar-refractivity contribution is 5.81. The van der Waals surface area contributed by atoms with E-state index in [1.54, 1.807) is 12.1 Å². The standard InChI is InChI=1S/C20H27FN2O3/c1-26-20(25)18-12-15-4-2-3-5-17(15)23(18)13-19(24)22-11-10-14-6-8-16(21)9-7-14/h6-9,15,17-18H,2-5,10-13H2,1H3,(H,22,24)/t15-,17-,18+/m1/s1. The molecule has 1 aromatic carbocycles. The second-order valence-electron chi connectivity index (χ2n) is 7.29. The molecule has 5 nitrogen and oxygen atoms in total. The van der Waals surface area contributed by atoms with Crippen LogP contribution in [-0.2, 0) is 20.7 Å². The molecular formula is C20H27FN2O3. The van der Waals surface area contributed by atoms with Crippen LogP contribution in [0.2, 0.25) is 0 Å². The van der Waals surface area contributed by atoms with E-state index in [1.807, 2.05) is 4.90 Å². The van der Waals surface area contributed by atoms with Crippen LogP contribution in [-0.4, -0.2) is 49.1 Å². The quantitative estimate of drug-likeness (QED) is 0.789. The van der Waals surface area contributed by atoms with Crippen molar-refractivity contribution in [2.45, 2.75) is 50.6 Å². The van der Waals surface area contributed by atoms with Crippen LogP contribution in [0.15, 0.2) is 24.3 Å². The van der Waals surface area contributed by atoms with E-state index in [0.29, 0.717) is 24.9 Å². The zero-order valence-electron chi connectivity index (χ0n) is 15.2. The average molecular weight is 362 g/mol. The fourth-order valence-electron chi connectivity index (χ4n) is 4.37. The lowest BCUT2D eigenvalue weighted by atomic mass is 9.85. The number of fused-ring (bicyclic) bond motifs is 1. The highest BCUT2D eigenvalue weighted by Gasteiger charge is 2.46. The van der Waals surface area contributed by atoms with E-state index in [4.69, 9.17) is 4.74 Å². The zero-order valence-corrected chi connectivity index (χ0v) is 15.2. The minimum Gasteiger partial charge on any atom is -0.468 e. The molecule has 2 fully saturated rings. The lowest BCUT2D eigenvalue weighted by Gasteiger charge is -2.32. The summed E-state index contributed by atoms with van der Waals surface area (Å²) in [5.41, 5.74) is 0.979. The number of nitrogens with zero attached hydrogens (tertiary/aromatic N) is 1. The Hall–Kier alpha value is -1.95. The van der Waals surface area contributed by atoms with Gasteiger partial charge in [0, 0.05) is 12.6 Å². The van der Waals surface area contributed by atoms with Gasteiger partial charge in [-0.3, -0.25) is 14.5 Å². The Labute approximate surface area is 153 Å². The van der Waals surface area contributed by atoms with E-state index in [0.717, 1.165) is 31.2 Å². The molecule has 1 heterocycles. The van der Waals surface area contributed by atoms with E-state index in [1.165, 1.54) is 25.7 Å². The summed E-state index contributed by atoms with van der Waals surface area (Å²) in [4.78, 5) is 26.6. The van der Waals surface area contributed by atoms with E-state index in [9.17, 15) is 14.0 Å². The summed E-state index contributed by atoms with van der Waals surface area (Å²) in [5, 5.41) is 2.92. The highest BCUT2D eigenvalue weighted by atomic mass is 19.1. The van der Waals surface area contributed by atoms with Gasteiger partial charge in [0.1, 0.15) is 11.9 Å². The van der Waals surface area contributed by atoms with Crippen molar-refractivity contribution in [2.24, 2.45) is 5.92 Å². The number of nitrogens with one attached hydrogen (secondary N) is 1. The Morgan fingerprint density at radius 3 is 2.69 bits per heavy atom. The van der Waals surface area contributed by atoms with Crippen LogP contribution >= 0.6 is 0 Å². The first-order valence-corrected chi connectivity index (χ1v) is 9.43.